The zero-order valence-corrected chi connectivity index (χ0v) is 31.0. The summed E-state index contributed by atoms with van der Waals surface area (Å²) in [6.07, 6.45) is 4.39. The van der Waals surface area contributed by atoms with Gasteiger partial charge in [0.25, 0.3) is 0 Å². The molecular weight excluding hydrogens is 693 g/mol. The highest BCUT2D eigenvalue weighted by Gasteiger charge is 2.16. The molecule has 10 aromatic rings. The summed E-state index contributed by atoms with van der Waals surface area (Å²) < 4.78 is 5.26. The van der Waals surface area contributed by atoms with E-state index in [-0.39, 0.29) is 0 Å². The average Bonchev–Trinajstić information content (AvgIpc) is 3.80. The number of fused-ring (bicyclic) bond motifs is 6. The predicted octanol–water partition coefficient (Wildman–Crippen LogP) is 15.5. The van der Waals surface area contributed by atoms with Gasteiger partial charge < -0.3 is 9.80 Å². The quantitative estimate of drug-likeness (QED) is 0.144. The van der Waals surface area contributed by atoms with Crippen molar-refractivity contribution in [2.24, 2.45) is 0 Å². The number of thiophene rings is 2. The lowest BCUT2D eigenvalue weighted by atomic mass is 10.1. The van der Waals surface area contributed by atoms with Gasteiger partial charge in [0.15, 0.2) is 0 Å². The van der Waals surface area contributed by atoms with Crippen LogP contribution < -0.4 is 9.80 Å². The molecule has 256 valence electrons. The number of hydrogen-bond donors (Lipinski definition) is 0. The van der Waals surface area contributed by atoms with Crippen LogP contribution in [0.2, 0.25) is 0 Å². The van der Waals surface area contributed by atoms with Crippen molar-refractivity contribution in [2.75, 3.05) is 9.80 Å². The molecule has 2 aromatic heterocycles. The minimum atomic E-state index is 1.12. The summed E-state index contributed by atoms with van der Waals surface area (Å²) in [7, 11) is 0. The number of anilines is 6. The molecule has 0 spiro atoms. The number of rotatable bonds is 8. The highest BCUT2D eigenvalue weighted by molar-refractivity contribution is 7.26. The number of nitrogens with zero attached hydrogens (tertiary/aromatic N) is 2. The summed E-state index contributed by atoms with van der Waals surface area (Å²) in [4.78, 5) is 4.68. The van der Waals surface area contributed by atoms with E-state index in [2.05, 4.69) is 216 Å². The fraction of sp³-hybridized carbons (Fsp3) is 0. The molecular formula is C50H34N2S2. The van der Waals surface area contributed by atoms with E-state index in [1.165, 1.54) is 40.3 Å². The van der Waals surface area contributed by atoms with E-state index in [0.29, 0.717) is 0 Å². The summed E-state index contributed by atoms with van der Waals surface area (Å²) in [6.45, 7) is 0. The maximum Gasteiger partial charge on any atom is 0.0468 e. The lowest BCUT2D eigenvalue weighted by Gasteiger charge is -2.25. The van der Waals surface area contributed by atoms with Crippen molar-refractivity contribution >= 4 is 109 Å². The van der Waals surface area contributed by atoms with Gasteiger partial charge in [-0.25, -0.2) is 0 Å². The molecule has 10 rings (SSSR count). The molecule has 4 heteroatoms. The van der Waals surface area contributed by atoms with Crippen molar-refractivity contribution < 1.29 is 0 Å². The summed E-state index contributed by atoms with van der Waals surface area (Å²) in [5, 5.41) is 5.21. The largest absolute Gasteiger partial charge is 0.310 e. The lowest BCUT2D eigenvalue weighted by Crippen LogP contribution is -2.09. The van der Waals surface area contributed by atoms with E-state index >= 15 is 0 Å². The highest BCUT2D eigenvalue weighted by Crippen LogP contribution is 2.42. The third-order valence-electron chi connectivity index (χ3n) is 10.0. The summed E-state index contributed by atoms with van der Waals surface area (Å²) >= 11 is 3.70. The number of para-hydroxylation sites is 2. The predicted molar refractivity (Wildman–Crippen MR) is 237 cm³/mol. The molecule has 0 radical (unpaired) electrons. The Bertz CT molecular complexity index is 2720. The van der Waals surface area contributed by atoms with Crippen LogP contribution in [0.5, 0.6) is 0 Å². The van der Waals surface area contributed by atoms with Crippen LogP contribution in [0.25, 0.3) is 52.5 Å². The fourth-order valence-corrected chi connectivity index (χ4v) is 9.59. The average molecular weight is 727 g/mol. The number of hydrogen-bond acceptors (Lipinski definition) is 4. The van der Waals surface area contributed by atoms with Crippen molar-refractivity contribution in [2.45, 2.75) is 0 Å². The third-order valence-corrected chi connectivity index (χ3v) is 12.3. The van der Waals surface area contributed by atoms with Gasteiger partial charge in [0.1, 0.15) is 0 Å². The molecule has 0 unspecified atom stereocenters. The van der Waals surface area contributed by atoms with Gasteiger partial charge in [-0.3, -0.25) is 0 Å². The Morgan fingerprint density at radius 2 is 0.611 bits per heavy atom. The Labute approximate surface area is 322 Å². The molecule has 0 bridgehead atoms. The van der Waals surface area contributed by atoms with Crippen molar-refractivity contribution in [3.8, 4) is 0 Å². The molecule has 54 heavy (non-hydrogen) atoms. The first-order chi connectivity index (χ1) is 26.7. The molecule has 2 heterocycles. The monoisotopic (exact) mass is 726 g/mol. The standard InChI is InChI=1S/C50H34N2S2/c1-3-11-37(12-4-1)51(41-29-31-49-45(33-41)43-15-7-9-17-47(43)53-49)39-25-21-35(22-26-39)19-20-36-23-27-40(28-24-36)52(38-13-5-2-6-14-38)42-30-32-50-46(34-42)44-16-8-10-18-48(44)54-50/h1-34H. The minimum absolute atomic E-state index is 1.12. The van der Waals surface area contributed by atoms with E-state index < -0.39 is 0 Å². The molecule has 0 N–H and O–H groups in total. The van der Waals surface area contributed by atoms with Crippen molar-refractivity contribution in [3.05, 3.63) is 205 Å². The zero-order valence-electron chi connectivity index (χ0n) is 29.3. The summed E-state index contributed by atoms with van der Waals surface area (Å²) in [5.41, 5.74) is 9.10. The van der Waals surface area contributed by atoms with E-state index in [4.69, 9.17) is 0 Å². The maximum absolute atomic E-state index is 2.34. The van der Waals surface area contributed by atoms with Gasteiger partial charge in [-0.05, 0) is 108 Å². The molecule has 0 saturated heterocycles. The molecule has 0 amide bonds. The van der Waals surface area contributed by atoms with Crippen LogP contribution in [-0.4, -0.2) is 0 Å². The SMILES string of the molecule is C(=Cc1ccc(N(c2ccccc2)c2ccc3sc4ccccc4c3c2)cc1)c1ccc(N(c2ccccc2)c2ccc3sc4ccccc4c3c2)cc1. The van der Waals surface area contributed by atoms with Crippen LogP contribution in [0, 0.1) is 0 Å². The third kappa shape index (κ3) is 6.02. The van der Waals surface area contributed by atoms with Crippen molar-refractivity contribution in [1.29, 1.82) is 0 Å². The van der Waals surface area contributed by atoms with Gasteiger partial charge in [-0.15, -0.1) is 22.7 Å². The fourth-order valence-electron chi connectivity index (χ4n) is 7.42. The second-order valence-electron chi connectivity index (χ2n) is 13.4. The lowest BCUT2D eigenvalue weighted by molar-refractivity contribution is 1.29. The molecule has 2 nitrogen and oxygen atoms in total. The molecule has 0 saturated carbocycles. The van der Waals surface area contributed by atoms with Crippen molar-refractivity contribution in [1.82, 2.24) is 0 Å². The van der Waals surface area contributed by atoms with Crippen LogP contribution in [0.4, 0.5) is 34.1 Å². The smallest absolute Gasteiger partial charge is 0.0468 e. The van der Waals surface area contributed by atoms with Crippen LogP contribution in [-0.2, 0) is 0 Å². The Hall–Kier alpha value is -6.46. The Kier molecular flexibility index (Phi) is 8.25. The van der Waals surface area contributed by atoms with Crippen LogP contribution >= 0.6 is 22.7 Å². The van der Waals surface area contributed by atoms with Gasteiger partial charge in [-0.2, -0.15) is 0 Å². The van der Waals surface area contributed by atoms with E-state index in [9.17, 15) is 0 Å². The minimum Gasteiger partial charge on any atom is -0.310 e. The van der Waals surface area contributed by atoms with Gasteiger partial charge in [0.2, 0.25) is 0 Å². The van der Waals surface area contributed by atoms with Gasteiger partial charge >= 0.3 is 0 Å². The molecule has 0 aliphatic heterocycles. The van der Waals surface area contributed by atoms with Crippen LogP contribution in [0.15, 0.2) is 194 Å². The van der Waals surface area contributed by atoms with E-state index in [0.717, 1.165) is 45.3 Å². The van der Waals surface area contributed by atoms with E-state index in [1.54, 1.807) is 0 Å². The summed E-state index contributed by atoms with van der Waals surface area (Å²) in [5.74, 6) is 0. The first kappa shape index (κ1) is 32.2. The second-order valence-corrected chi connectivity index (χ2v) is 15.6. The first-order valence-corrected chi connectivity index (χ1v) is 19.8. The Morgan fingerprint density at radius 3 is 1.04 bits per heavy atom. The van der Waals surface area contributed by atoms with E-state index in [1.807, 2.05) is 22.7 Å². The van der Waals surface area contributed by atoms with Crippen LogP contribution in [0.3, 0.4) is 0 Å². The van der Waals surface area contributed by atoms with Gasteiger partial charge in [-0.1, -0.05) is 109 Å². The summed E-state index contributed by atoms with van der Waals surface area (Å²) in [6, 6.07) is 70.0. The highest BCUT2D eigenvalue weighted by atomic mass is 32.1. The van der Waals surface area contributed by atoms with Gasteiger partial charge in [0, 0.05) is 74.5 Å². The van der Waals surface area contributed by atoms with Gasteiger partial charge in [0.05, 0.1) is 0 Å². The molecule has 8 aromatic carbocycles. The first-order valence-electron chi connectivity index (χ1n) is 18.2. The molecule has 0 aliphatic carbocycles. The zero-order chi connectivity index (χ0) is 35.8. The van der Waals surface area contributed by atoms with Crippen molar-refractivity contribution in [3.63, 3.8) is 0 Å². The van der Waals surface area contributed by atoms with Crippen LogP contribution in [0.1, 0.15) is 11.1 Å². The maximum atomic E-state index is 2.34. The number of benzene rings is 8. The molecule has 0 aliphatic rings. The topological polar surface area (TPSA) is 6.48 Å². The second kappa shape index (κ2) is 13.8. The molecule has 0 fully saturated rings. The molecule has 0 atom stereocenters. The Morgan fingerprint density at radius 1 is 0.278 bits per heavy atom. The Balaban J connectivity index is 0.937. The normalized spacial score (nSPS) is 11.6.